The number of thioether (sulfide) groups is 1. The summed E-state index contributed by atoms with van der Waals surface area (Å²) in [6, 6.07) is 7.03. The van der Waals surface area contributed by atoms with Crippen molar-refractivity contribution < 1.29 is 18.8 Å². The molecule has 134 valence electrons. The van der Waals surface area contributed by atoms with Crippen molar-refractivity contribution in [2.24, 2.45) is 0 Å². The summed E-state index contributed by atoms with van der Waals surface area (Å²) >= 11 is 1.39. The normalized spacial score (nSPS) is 11.2. The number of ether oxygens (including phenoxy) is 1. The van der Waals surface area contributed by atoms with Gasteiger partial charge in [-0.15, -0.1) is 11.8 Å². The first kappa shape index (κ1) is 19.0. The van der Waals surface area contributed by atoms with E-state index in [1.807, 2.05) is 26.8 Å². The van der Waals surface area contributed by atoms with Crippen molar-refractivity contribution in [2.75, 3.05) is 6.61 Å². The van der Waals surface area contributed by atoms with Gasteiger partial charge in [0.15, 0.2) is 12.4 Å². The molecule has 0 bridgehead atoms. The van der Waals surface area contributed by atoms with Gasteiger partial charge in [-0.2, -0.15) is 4.98 Å². The molecule has 1 aromatic carbocycles. The van der Waals surface area contributed by atoms with Crippen LogP contribution in [0.5, 0.6) is 0 Å². The third-order valence-electron chi connectivity index (χ3n) is 2.88. The number of rotatable bonds is 6. The molecule has 1 N–H and O–H groups in total. The van der Waals surface area contributed by atoms with Crippen LogP contribution in [0.25, 0.3) is 0 Å². The Balaban J connectivity index is 1.96. The molecule has 0 saturated heterocycles. The number of amides is 1. The van der Waals surface area contributed by atoms with Gasteiger partial charge in [-0.1, -0.05) is 17.3 Å². The zero-order valence-corrected chi connectivity index (χ0v) is 15.5. The minimum Gasteiger partial charge on any atom is -0.452 e. The predicted octanol–water partition coefficient (Wildman–Crippen LogP) is 2.74. The van der Waals surface area contributed by atoms with E-state index >= 15 is 0 Å². The Kier molecular flexibility index (Phi) is 6.19. The van der Waals surface area contributed by atoms with Crippen molar-refractivity contribution in [3.05, 3.63) is 41.5 Å². The van der Waals surface area contributed by atoms with E-state index in [4.69, 9.17) is 9.26 Å². The minimum atomic E-state index is -0.547. The molecule has 0 aliphatic carbocycles. The second kappa shape index (κ2) is 8.15. The summed E-state index contributed by atoms with van der Waals surface area (Å²) in [6.45, 7) is 7.00. The lowest BCUT2D eigenvalue weighted by molar-refractivity contribution is -0.125. The second-order valence-corrected chi connectivity index (χ2v) is 7.41. The first-order chi connectivity index (χ1) is 11.7. The van der Waals surface area contributed by atoms with Crippen molar-refractivity contribution in [1.29, 1.82) is 0 Å². The molecular weight excluding hydrogens is 342 g/mol. The van der Waals surface area contributed by atoms with Crippen LogP contribution in [0, 0.1) is 6.92 Å². The minimum absolute atomic E-state index is 0.321. The highest BCUT2D eigenvalue weighted by atomic mass is 32.2. The van der Waals surface area contributed by atoms with E-state index in [0.29, 0.717) is 23.0 Å². The third kappa shape index (κ3) is 6.22. The van der Waals surface area contributed by atoms with Crippen molar-refractivity contribution >= 4 is 23.6 Å². The van der Waals surface area contributed by atoms with Gasteiger partial charge in [-0.05, 0) is 39.8 Å². The molecule has 0 aliphatic heterocycles. The number of aryl methyl sites for hydroxylation is 1. The average molecular weight is 363 g/mol. The largest absolute Gasteiger partial charge is 0.452 e. The van der Waals surface area contributed by atoms with E-state index in [0.717, 1.165) is 4.90 Å². The van der Waals surface area contributed by atoms with Gasteiger partial charge in [-0.25, -0.2) is 4.79 Å². The maximum atomic E-state index is 12.3. The molecule has 0 fully saturated rings. The van der Waals surface area contributed by atoms with E-state index in [1.54, 1.807) is 25.1 Å². The molecule has 1 heterocycles. The molecule has 0 atom stereocenters. The van der Waals surface area contributed by atoms with Gasteiger partial charge < -0.3 is 14.6 Å². The maximum Gasteiger partial charge on any atom is 0.339 e. The molecular formula is C17H21N3O4S. The summed E-state index contributed by atoms with van der Waals surface area (Å²) in [4.78, 5) is 28.9. The van der Waals surface area contributed by atoms with Gasteiger partial charge in [-0.3, -0.25) is 4.79 Å². The van der Waals surface area contributed by atoms with E-state index in [-0.39, 0.29) is 18.1 Å². The van der Waals surface area contributed by atoms with Gasteiger partial charge in [0.2, 0.25) is 5.89 Å². The van der Waals surface area contributed by atoms with Gasteiger partial charge in [0.25, 0.3) is 5.91 Å². The Hall–Kier alpha value is -2.35. The second-order valence-electron chi connectivity index (χ2n) is 6.39. The van der Waals surface area contributed by atoms with Crippen LogP contribution < -0.4 is 5.32 Å². The first-order valence-corrected chi connectivity index (χ1v) is 8.72. The molecule has 8 heteroatoms. The number of aromatic nitrogens is 2. The summed E-state index contributed by atoms with van der Waals surface area (Å²) in [6.07, 6.45) is 0. The van der Waals surface area contributed by atoms with Crippen LogP contribution in [0.1, 0.15) is 42.8 Å². The topological polar surface area (TPSA) is 94.3 Å². The smallest absolute Gasteiger partial charge is 0.339 e. The fourth-order valence-corrected chi connectivity index (χ4v) is 2.84. The van der Waals surface area contributed by atoms with Crippen LogP contribution in [0.4, 0.5) is 0 Å². The number of benzene rings is 1. The van der Waals surface area contributed by atoms with Crippen molar-refractivity contribution in [3.63, 3.8) is 0 Å². The molecule has 0 spiro atoms. The number of hydrogen-bond donors (Lipinski definition) is 1. The fourth-order valence-electron chi connectivity index (χ4n) is 1.96. The summed E-state index contributed by atoms with van der Waals surface area (Å²) in [5, 5.41) is 6.47. The molecule has 0 aliphatic rings. The van der Waals surface area contributed by atoms with Crippen LogP contribution in [0.15, 0.2) is 33.7 Å². The SMILES string of the molecule is Cc1noc(CSc2ccccc2C(=O)OCC(=O)NC(C)(C)C)n1. The van der Waals surface area contributed by atoms with Crippen LogP contribution in [-0.2, 0) is 15.3 Å². The first-order valence-electron chi connectivity index (χ1n) is 7.74. The maximum absolute atomic E-state index is 12.3. The Bertz CT molecular complexity index is 752. The van der Waals surface area contributed by atoms with Gasteiger partial charge >= 0.3 is 5.97 Å². The molecule has 2 rings (SSSR count). The van der Waals surface area contributed by atoms with Gasteiger partial charge in [0.05, 0.1) is 11.3 Å². The Morgan fingerprint density at radius 1 is 1.28 bits per heavy atom. The van der Waals surface area contributed by atoms with Crippen molar-refractivity contribution in [3.8, 4) is 0 Å². The highest BCUT2D eigenvalue weighted by molar-refractivity contribution is 7.98. The van der Waals surface area contributed by atoms with Crippen LogP contribution in [-0.4, -0.2) is 34.2 Å². The standard InChI is InChI=1S/C17H21N3O4S/c1-11-18-15(24-20-11)10-25-13-8-6-5-7-12(13)16(22)23-9-14(21)19-17(2,3)4/h5-8H,9-10H2,1-4H3,(H,19,21). The zero-order chi connectivity index (χ0) is 18.4. The van der Waals surface area contributed by atoms with E-state index < -0.39 is 5.97 Å². The Labute approximate surface area is 150 Å². The molecule has 25 heavy (non-hydrogen) atoms. The quantitative estimate of drug-likeness (QED) is 0.623. The van der Waals surface area contributed by atoms with Crippen LogP contribution in [0.2, 0.25) is 0 Å². The lowest BCUT2D eigenvalue weighted by Gasteiger charge is -2.20. The van der Waals surface area contributed by atoms with E-state index in [1.165, 1.54) is 11.8 Å². The number of esters is 1. The average Bonchev–Trinajstić information content (AvgIpc) is 2.95. The summed E-state index contributed by atoms with van der Waals surface area (Å²) in [5.74, 6) is 0.597. The van der Waals surface area contributed by atoms with Crippen LogP contribution in [0.3, 0.4) is 0 Å². The number of carbonyl (C=O) groups excluding carboxylic acids is 2. The number of carbonyl (C=O) groups is 2. The van der Waals surface area contributed by atoms with Gasteiger partial charge in [0, 0.05) is 10.4 Å². The lowest BCUT2D eigenvalue weighted by Crippen LogP contribution is -2.42. The summed E-state index contributed by atoms with van der Waals surface area (Å²) in [5.41, 5.74) is 0.0201. The predicted molar refractivity (Wildman–Crippen MR) is 93.2 cm³/mol. The van der Waals surface area contributed by atoms with E-state index in [2.05, 4.69) is 15.5 Å². The van der Waals surface area contributed by atoms with Crippen molar-refractivity contribution in [1.82, 2.24) is 15.5 Å². The summed E-state index contributed by atoms with van der Waals surface area (Å²) < 4.78 is 10.2. The molecule has 0 radical (unpaired) electrons. The molecule has 2 aromatic rings. The third-order valence-corrected chi connectivity index (χ3v) is 3.93. The number of nitrogens with zero attached hydrogens (tertiary/aromatic N) is 2. The highest BCUT2D eigenvalue weighted by Gasteiger charge is 2.18. The molecule has 7 nitrogen and oxygen atoms in total. The number of hydrogen-bond acceptors (Lipinski definition) is 7. The molecule has 1 aromatic heterocycles. The summed E-state index contributed by atoms with van der Waals surface area (Å²) in [7, 11) is 0. The van der Waals surface area contributed by atoms with Gasteiger partial charge in [0.1, 0.15) is 0 Å². The Morgan fingerprint density at radius 3 is 2.64 bits per heavy atom. The van der Waals surface area contributed by atoms with Crippen LogP contribution >= 0.6 is 11.8 Å². The highest BCUT2D eigenvalue weighted by Crippen LogP contribution is 2.26. The molecule has 1 amide bonds. The zero-order valence-electron chi connectivity index (χ0n) is 14.7. The van der Waals surface area contributed by atoms with Crippen molar-refractivity contribution in [2.45, 2.75) is 43.9 Å². The lowest BCUT2D eigenvalue weighted by atomic mass is 10.1. The molecule has 0 saturated carbocycles. The number of nitrogens with one attached hydrogen (secondary N) is 1. The van der Waals surface area contributed by atoms with E-state index in [9.17, 15) is 9.59 Å². The monoisotopic (exact) mass is 363 g/mol. The Morgan fingerprint density at radius 2 is 2.00 bits per heavy atom. The molecule has 0 unspecified atom stereocenters. The fraction of sp³-hybridized carbons (Fsp3) is 0.412.